The van der Waals surface area contributed by atoms with Crippen LogP contribution in [-0.2, 0) is 0 Å². The fourth-order valence-corrected chi connectivity index (χ4v) is 1.60. The van der Waals surface area contributed by atoms with Crippen LogP contribution in [0, 0.1) is 11.6 Å². The molecule has 0 atom stereocenters. The molecule has 100 valence electrons. The van der Waals surface area contributed by atoms with Gasteiger partial charge in [-0.1, -0.05) is 23.8 Å². The van der Waals surface area contributed by atoms with Gasteiger partial charge in [-0.2, -0.15) is 0 Å². The summed E-state index contributed by atoms with van der Waals surface area (Å²) in [4.78, 5) is 3.70. The lowest BCUT2D eigenvalue weighted by Gasteiger charge is -2.06. The van der Waals surface area contributed by atoms with Crippen molar-refractivity contribution in [2.24, 2.45) is 4.99 Å². The Hall–Kier alpha value is -1.74. The molecule has 19 heavy (non-hydrogen) atoms. The van der Waals surface area contributed by atoms with E-state index in [1.807, 2.05) is 0 Å². The Morgan fingerprint density at radius 2 is 1.95 bits per heavy atom. The first-order valence-corrected chi connectivity index (χ1v) is 5.90. The highest BCUT2D eigenvalue weighted by atomic mass is 35.5. The van der Waals surface area contributed by atoms with Gasteiger partial charge in [0.15, 0.2) is 0 Å². The fraction of sp³-hybridized carbons (Fsp3) is 0.133. The molecule has 0 amide bonds. The van der Waals surface area contributed by atoms with E-state index in [1.54, 1.807) is 13.8 Å². The Morgan fingerprint density at radius 1 is 1.32 bits per heavy atom. The van der Waals surface area contributed by atoms with Gasteiger partial charge in [-0.05, 0) is 50.4 Å². The van der Waals surface area contributed by atoms with Crippen LogP contribution in [0.15, 0.2) is 52.0 Å². The zero-order valence-electron chi connectivity index (χ0n) is 10.8. The van der Waals surface area contributed by atoms with Gasteiger partial charge in [-0.25, -0.2) is 8.78 Å². The Morgan fingerprint density at radius 3 is 2.47 bits per heavy atom. The number of halogens is 3. The van der Waals surface area contributed by atoms with Crippen LogP contribution in [0.2, 0.25) is 0 Å². The van der Waals surface area contributed by atoms with Crippen molar-refractivity contribution >= 4 is 24.0 Å². The number of allylic oxidation sites excluding steroid dienone is 4. The van der Waals surface area contributed by atoms with Crippen LogP contribution in [0.4, 0.5) is 8.78 Å². The molecule has 0 saturated heterocycles. The summed E-state index contributed by atoms with van der Waals surface area (Å²) in [5, 5.41) is 0.360. The molecule has 4 heteroatoms. The zero-order valence-corrected chi connectivity index (χ0v) is 11.6. The van der Waals surface area contributed by atoms with E-state index in [-0.39, 0.29) is 11.3 Å². The third-order valence-corrected chi connectivity index (χ3v) is 3.03. The van der Waals surface area contributed by atoms with E-state index in [1.165, 1.54) is 6.08 Å². The number of aliphatic imine (C=N–C) groups is 1. The molecule has 0 aliphatic heterocycles. The topological polar surface area (TPSA) is 12.4 Å². The van der Waals surface area contributed by atoms with Gasteiger partial charge in [-0.15, -0.1) is 0 Å². The second-order valence-electron chi connectivity index (χ2n) is 4.07. The summed E-state index contributed by atoms with van der Waals surface area (Å²) in [5.74, 6) is -1.14. The lowest BCUT2D eigenvalue weighted by molar-refractivity contribution is 0.597. The van der Waals surface area contributed by atoms with Gasteiger partial charge in [0, 0.05) is 10.6 Å². The fourth-order valence-electron chi connectivity index (χ4n) is 1.33. The van der Waals surface area contributed by atoms with Crippen LogP contribution >= 0.6 is 11.6 Å². The lowest BCUT2D eigenvalue weighted by Crippen LogP contribution is -1.91. The lowest BCUT2D eigenvalue weighted by atomic mass is 10.1. The van der Waals surface area contributed by atoms with Crippen molar-refractivity contribution in [3.05, 3.63) is 64.2 Å². The Bertz CT molecular complexity index is 586. The first-order chi connectivity index (χ1) is 8.86. The second kappa shape index (κ2) is 6.43. The summed E-state index contributed by atoms with van der Waals surface area (Å²) >= 11 is 6.08. The normalized spacial score (nSPS) is 13.0. The van der Waals surface area contributed by atoms with E-state index in [0.29, 0.717) is 5.03 Å². The molecule has 0 fully saturated rings. The molecule has 0 aliphatic carbocycles. The van der Waals surface area contributed by atoms with Crippen molar-refractivity contribution in [2.45, 2.75) is 13.8 Å². The van der Waals surface area contributed by atoms with Crippen LogP contribution in [0.1, 0.15) is 19.4 Å². The second-order valence-corrected chi connectivity index (χ2v) is 4.47. The Labute approximate surface area is 116 Å². The van der Waals surface area contributed by atoms with Crippen molar-refractivity contribution in [1.29, 1.82) is 0 Å². The molecule has 0 aliphatic rings. The summed E-state index contributed by atoms with van der Waals surface area (Å²) in [6.45, 7) is 10.7. The molecule has 0 radical (unpaired) electrons. The van der Waals surface area contributed by atoms with Crippen LogP contribution in [0.25, 0.3) is 5.70 Å². The van der Waals surface area contributed by atoms with Gasteiger partial charge in [0.25, 0.3) is 0 Å². The molecule has 0 N–H and O–H groups in total. The van der Waals surface area contributed by atoms with Crippen molar-refractivity contribution in [2.75, 3.05) is 0 Å². The summed E-state index contributed by atoms with van der Waals surface area (Å²) < 4.78 is 26.8. The minimum Gasteiger partial charge on any atom is -0.264 e. The maximum atomic E-state index is 13.6. The molecule has 0 saturated carbocycles. The third kappa shape index (κ3) is 3.86. The Kier molecular flexibility index (Phi) is 5.19. The van der Waals surface area contributed by atoms with E-state index in [4.69, 9.17) is 11.6 Å². The largest absolute Gasteiger partial charge is 0.264 e. The molecule has 1 aromatic carbocycles. The SMILES string of the molecule is C=N/C(=C\C(Cl)=C(/C)C(=C)C)c1cc(F)ccc1F. The molecule has 1 aromatic rings. The summed E-state index contributed by atoms with van der Waals surface area (Å²) in [6.07, 6.45) is 1.44. The van der Waals surface area contributed by atoms with E-state index in [2.05, 4.69) is 18.3 Å². The molecule has 0 bridgehead atoms. The number of hydrogen-bond donors (Lipinski definition) is 0. The van der Waals surface area contributed by atoms with Crippen LogP contribution in [0.5, 0.6) is 0 Å². The maximum Gasteiger partial charge on any atom is 0.132 e. The molecule has 1 rings (SSSR count). The van der Waals surface area contributed by atoms with Gasteiger partial charge < -0.3 is 0 Å². The molecular formula is C15H14ClF2N. The first kappa shape index (κ1) is 15.3. The highest BCUT2D eigenvalue weighted by molar-refractivity contribution is 6.32. The van der Waals surface area contributed by atoms with Gasteiger partial charge >= 0.3 is 0 Å². The van der Waals surface area contributed by atoms with Crippen molar-refractivity contribution in [3.63, 3.8) is 0 Å². The number of hydrogen-bond acceptors (Lipinski definition) is 1. The standard InChI is InChI=1S/C15H14ClF2N/c1-9(2)10(3)13(16)8-15(19-4)12-7-11(17)5-6-14(12)18/h5-8H,1,4H2,2-3H3/b13-10-,15-8-. The molecule has 0 aromatic heterocycles. The van der Waals surface area contributed by atoms with Gasteiger partial charge in [-0.3, -0.25) is 4.99 Å². The average molecular weight is 282 g/mol. The molecular weight excluding hydrogens is 268 g/mol. The first-order valence-electron chi connectivity index (χ1n) is 5.53. The highest BCUT2D eigenvalue weighted by Gasteiger charge is 2.09. The van der Waals surface area contributed by atoms with Crippen molar-refractivity contribution < 1.29 is 8.78 Å². The van der Waals surface area contributed by atoms with Gasteiger partial charge in [0.05, 0.1) is 5.70 Å². The molecule has 1 nitrogen and oxygen atoms in total. The summed E-state index contributed by atoms with van der Waals surface area (Å²) in [5.41, 5.74) is 1.72. The van der Waals surface area contributed by atoms with Gasteiger partial charge in [0.2, 0.25) is 0 Å². The van der Waals surface area contributed by atoms with Crippen LogP contribution in [-0.4, -0.2) is 6.72 Å². The molecule has 0 spiro atoms. The minimum atomic E-state index is -0.586. The van der Waals surface area contributed by atoms with E-state index < -0.39 is 11.6 Å². The monoisotopic (exact) mass is 281 g/mol. The zero-order chi connectivity index (χ0) is 14.6. The summed E-state index contributed by atoms with van der Waals surface area (Å²) in [7, 11) is 0. The van der Waals surface area contributed by atoms with E-state index in [0.717, 1.165) is 29.3 Å². The highest BCUT2D eigenvalue weighted by Crippen LogP contribution is 2.25. The third-order valence-electron chi connectivity index (χ3n) is 2.64. The van der Waals surface area contributed by atoms with Gasteiger partial charge in [0.1, 0.15) is 11.6 Å². The number of rotatable bonds is 4. The van der Waals surface area contributed by atoms with Crippen molar-refractivity contribution in [1.82, 2.24) is 0 Å². The smallest absolute Gasteiger partial charge is 0.132 e. The summed E-state index contributed by atoms with van der Waals surface area (Å²) in [6, 6.07) is 3.12. The number of benzene rings is 1. The maximum absolute atomic E-state index is 13.6. The predicted molar refractivity (Wildman–Crippen MR) is 77.3 cm³/mol. The quantitative estimate of drug-likeness (QED) is 0.538. The van der Waals surface area contributed by atoms with Crippen LogP contribution in [0.3, 0.4) is 0 Å². The van der Waals surface area contributed by atoms with Crippen LogP contribution < -0.4 is 0 Å². The Balaban J connectivity index is 3.36. The minimum absolute atomic E-state index is 0.0164. The van der Waals surface area contributed by atoms with E-state index in [9.17, 15) is 8.78 Å². The molecule has 0 heterocycles. The van der Waals surface area contributed by atoms with Crippen molar-refractivity contribution in [3.8, 4) is 0 Å². The number of nitrogens with zero attached hydrogens (tertiary/aromatic N) is 1. The predicted octanol–water partition coefficient (Wildman–Crippen LogP) is 5.10. The molecule has 0 unspecified atom stereocenters. The van der Waals surface area contributed by atoms with E-state index >= 15 is 0 Å². The average Bonchev–Trinajstić information content (AvgIpc) is 2.37.